The average molecular weight is 328 g/mol. The first-order valence-electron chi connectivity index (χ1n) is 7.29. The summed E-state index contributed by atoms with van der Waals surface area (Å²) < 4.78 is 0. The zero-order valence-electron chi connectivity index (χ0n) is 12.4. The molecule has 1 aromatic rings. The van der Waals surface area contributed by atoms with Crippen molar-refractivity contribution in [3.63, 3.8) is 0 Å². The number of carbonyl (C=O) groups excluding carboxylic acids is 1. The SMILES string of the molecule is Cl.NCC1(NC(=O)CCc2cccc([N+](=O)[O-])c2)CCCC1. The third-order valence-electron chi connectivity index (χ3n) is 4.12. The zero-order valence-corrected chi connectivity index (χ0v) is 13.2. The number of carbonyl (C=O) groups is 1. The van der Waals surface area contributed by atoms with Crippen molar-refractivity contribution in [1.82, 2.24) is 5.32 Å². The highest BCUT2D eigenvalue weighted by molar-refractivity contribution is 5.85. The van der Waals surface area contributed by atoms with Gasteiger partial charge in [-0.25, -0.2) is 0 Å². The van der Waals surface area contributed by atoms with Gasteiger partial charge in [0.15, 0.2) is 0 Å². The molecule has 1 aliphatic carbocycles. The lowest BCUT2D eigenvalue weighted by atomic mass is 9.97. The van der Waals surface area contributed by atoms with Gasteiger partial charge in [0, 0.05) is 25.1 Å². The van der Waals surface area contributed by atoms with Crippen LogP contribution in [0.4, 0.5) is 5.69 Å². The first kappa shape index (κ1) is 18.4. The van der Waals surface area contributed by atoms with Crippen molar-refractivity contribution < 1.29 is 9.72 Å². The summed E-state index contributed by atoms with van der Waals surface area (Å²) in [7, 11) is 0. The number of nitrogens with zero attached hydrogens (tertiary/aromatic N) is 1. The van der Waals surface area contributed by atoms with Crippen LogP contribution in [0.25, 0.3) is 0 Å². The van der Waals surface area contributed by atoms with Gasteiger partial charge in [-0.15, -0.1) is 12.4 Å². The Bertz CT molecular complexity index is 531. The lowest BCUT2D eigenvalue weighted by Gasteiger charge is -2.28. The number of hydrogen-bond donors (Lipinski definition) is 2. The van der Waals surface area contributed by atoms with Crippen LogP contribution in [0.5, 0.6) is 0 Å². The number of amides is 1. The first-order valence-corrected chi connectivity index (χ1v) is 7.29. The van der Waals surface area contributed by atoms with E-state index in [1.54, 1.807) is 12.1 Å². The summed E-state index contributed by atoms with van der Waals surface area (Å²) in [6.07, 6.45) is 4.89. The van der Waals surface area contributed by atoms with Gasteiger partial charge >= 0.3 is 0 Å². The van der Waals surface area contributed by atoms with E-state index >= 15 is 0 Å². The molecule has 0 aromatic heterocycles. The highest BCUT2D eigenvalue weighted by Crippen LogP contribution is 2.28. The Kier molecular flexibility index (Phi) is 6.77. The van der Waals surface area contributed by atoms with Crippen LogP contribution in [0.3, 0.4) is 0 Å². The summed E-state index contributed by atoms with van der Waals surface area (Å²) in [5, 5.41) is 13.8. The number of nitro benzene ring substituents is 1. The highest BCUT2D eigenvalue weighted by Gasteiger charge is 2.33. The fourth-order valence-electron chi connectivity index (χ4n) is 2.87. The van der Waals surface area contributed by atoms with Crippen LogP contribution >= 0.6 is 12.4 Å². The number of hydrogen-bond acceptors (Lipinski definition) is 4. The lowest BCUT2D eigenvalue weighted by molar-refractivity contribution is -0.384. The molecule has 1 aliphatic rings. The molecule has 6 nitrogen and oxygen atoms in total. The van der Waals surface area contributed by atoms with Gasteiger partial charge in [0.05, 0.1) is 10.5 Å². The number of nitro groups is 1. The second-order valence-electron chi connectivity index (χ2n) is 5.67. The van der Waals surface area contributed by atoms with Crippen molar-refractivity contribution >= 4 is 24.0 Å². The van der Waals surface area contributed by atoms with Crippen LogP contribution in [-0.4, -0.2) is 22.9 Å². The minimum absolute atomic E-state index is 0. The monoisotopic (exact) mass is 327 g/mol. The molecule has 3 N–H and O–H groups in total. The Hall–Kier alpha value is -1.66. The van der Waals surface area contributed by atoms with Crippen LogP contribution in [0, 0.1) is 10.1 Å². The van der Waals surface area contributed by atoms with Crippen molar-refractivity contribution in [3.8, 4) is 0 Å². The summed E-state index contributed by atoms with van der Waals surface area (Å²) >= 11 is 0. The molecule has 7 heteroatoms. The van der Waals surface area contributed by atoms with E-state index in [9.17, 15) is 14.9 Å². The third-order valence-corrected chi connectivity index (χ3v) is 4.12. The van der Waals surface area contributed by atoms with Gasteiger partial charge < -0.3 is 11.1 Å². The summed E-state index contributed by atoms with van der Waals surface area (Å²) in [5.41, 5.74) is 6.41. The molecule has 0 spiro atoms. The molecule has 1 fully saturated rings. The van der Waals surface area contributed by atoms with Gasteiger partial charge in [-0.3, -0.25) is 14.9 Å². The molecule has 0 heterocycles. The second-order valence-corrected chi connectivity index (χ2v) is 5.67. The van der Waals surface area contributed by atoms with Gasteiger partial charge in [0.2, 0.25) is 5.91 Å². The molecule has 1 amide bonds. The number of nitrogens with two attached hydrogens (primary N) is 1. The Morgan fingerprint density at radius 3 is 2.64 bits per heavy atom. The standard InChI is InChI=1S/C15H21N3O3.ClH/c16-11-15(8-1-2-9-15)17-14(19)7-6-12-4-3-5-13(10-12)18(20)21;/h3-5,10H,1-2,6-9,11,16H2,(H,17,19);1H. The first-order chi connectivity index (χ1) is 10.0. The van der Waals surface area contributed by atoms with Crippen molar-refractivity contribution in [2.24, 2.45) is 5.73 Å². The Morgan fingerprint density at radius 2 is 2.05 bits per heavy atom. The molecule has 2 rings (SSSR count). The fourth-order valence-corrected chi connectivity index (χ4v) is 2.87. The Morgan fingerprint density at radius 1 is 1.36 bits per heavy atom. The van der Waals surface area contributed by atoms with E-state index in [0.717, 1.165) is 31.2 Å². The average Bonchev–Trinajstić information content (AvgIpc) is 2.94. The van der Waals surface area contributed by atoms with E-state index in [1.165, 1.54) is 12.1 Å². The van der Waals surface area contributed by atoms with Crippen LogP contribution in [-0.2, 0) is 11.2 Å². The minimum Gasteiger partial charge on any atom is -0.349 e. The highest BCUT2D eigenvalue weighted by atomic mass is 35.5. The zero-order chi connectivity index (χ0) is 15.3. The van der Waals surface area contributed by atoms with E-state index in [4.69, 9.17) is 5.73 Å². The number of aryl methyl sites for hydroxylation is 1. The summed E-state index contributed by atoms with van der Waals surface area (Å²) in [4.78, 5) is 22.3. The quantitative estimate of drug-likeness (QED) is 0.618. The number of non-ortho nitro benzene ring substituents is 1. The summed E-state index contributed by atoms with van der Waals surface area (Å²) in [6, 6.07) is 6.41. The number of rotatable bonds is 6. The smallest absolute Gasteiger partial charge is 0.269 e. The number of halogens is 1. The summed E-state index contributed by atoms with van der Waals surface area (Å²) in [5.74, 6) is -0.0335. The molecule has 1 saturated carbocycles. The minimum atomic E-state index is -0.425. The molecule has 0 saturated heterocycles. The van der Waals surface area contributed by atoms with Crippen molar-refractivity contribution in [2.75, 3.05) is 6.54 Å². The van der Waals surface area contributed by atoms with E-state index in [1.807, 2.05) is 0 Å². The largest absolute Gasteiger partial charge is 0.349 e. The van der Waals surface area contributed by atoms with E-state index < -0.39 is 4.92 Å². The molecule has 122 valence electrons. The van der Waals surface area contributed by atoms with Crippen LogP contribution in [0.2, 0.25) is 0 Å². The predicted octanol–water partition coefficient (Wildman–Crippen LogP) is 2.34. The molecule has 0 bridgehead atoms. The number of nitrogens with one attached hydrogen (secondary N) is 1. The maximum absolute atomic E-state index is 12.1. The molecule has 1 aromatic carbocycles. The van der Waals surface area contributed by atoms with Crippen molar-refractivity contribution in [2.45, 2.75) is 44.1 Å². The van der Waals surface area contributed by atoms with Gasteiger partial charge in [-0.05, 0) is 24.8 Å². The van der Waals surface area contributed by atoms with E-state index in [0.29, 0.717) is 19.4 Å². The van der Waals surface area contributed by atoms with Gasteiger partial charge in [-0.1, -0.05) is 25.0 Å². The Labute approximate surface area is 136 Å². The van der Waals surface area contributed by atoms with E-state index in [2.05, 4.69) is 5.32 Å². The molecular formula is C15H22ClN3O3. The molecular weight excluding hydrogens is 306 g/mol. The van der Waals surface area contributed by atoms with Gasteiger partial charge in [-0.2, -0.15) is 0 Å². The molecule has 0 unspecified atom stereocenters. The van der Waals surface area contributed by atoms with E-state index in [-0.39, 0.29) is 29.5 Å². The number of benzene rings is 1. The lowest BCUT2D eigenvalue weighted by Crippen LogP contribution is -2.51. The maximum Gasteiger partial charge on any atom is 0.269 e. The normalized spacial score (nSPS) is 15.9. The third kappa shape index (κ3) is 4.68. The van der Waals surface area contributed by atoms with Crippen molar-refractivity contribution in [3.05, 3.63) is 39.9 Å². The molecule has 0 atom stereocenters. The maximum atomic E-state index is 12.1. The summed E-state index contributed by atoms with van der Waals surface area (Å²) in [6.45, 7) is 0.468. The van der Waals surface area contributed by atoms with Crippen LogP contribution < -0.4 is 11.1 Å². The molecule has 0 aliphatic heterocycles. The molecule has 22 heavy (non-hydrogen) atoms. The molecule has 0 radical (unpaired) electrons. The van der Waals surface area contributed by atoms with Gasteiger partial charge in [0.1, 0.15) is 0 Å². The fraction of sp³-hybridized carbons (Fsp3) is 0.533. The van der Waals surface area contributed by atoms with Crippen molar-refractivity contribution in [1.29, 1.82) is 0 Å². The van der Waals surface area contributed by atoms with Crippen LogP contribution in [0.15, 0.2) is 24.3 Å². The predicted molar refractivity (Wildman–Crippen MR) is 87.1 cm³/mol. The second kappa shape index (κ2) is 8.10. The Balaban J connectivity index is 0.00000242. The topological polar surface area (TPSA) is 98.3 Å². The van der Waals surface area contributed by atoms with Crippen LogP contribution in [0.1, 0.15) is 37.7 Å². The van der Waals surface area contributed by atoms with Gasteiger partial charge in [0.25, 0.3) is 5.69 Å².